The highest BCUT2D eigenvalue weighted by atomic mass is 28.4. The molecule has 0 aliphatic heterocycles. The molecule has 0 atom stereocenters. The number of hydrogen-bond donors (Lipinski definition) is 0. The van der Waals surface area contributed by atoms with Gasteiger partial charge in [0, 0.05) is 0 Å². The van der Waals surface area contributed by atoms with Crippen LogP contribution in [-0.4, -0.2) is 8.32 Å². The highest BCUT2D eigenvalue weighted by molar-refractivity contribution is 6.74. The van der Waals surface area contributed by atoms with Gasteiger partial charge in [0.1, 0.15) is 0 Å². The van der Waals surface area contributed by atoms with Gasteiger partial charge in [-0.1, -0.05) is 26.3 Å². The summed E-state index contributed by atoms with van der Waals surface area (Å²) in [6, 6.07) is 0. The third kappa shape index (κ3) is 2.52. The van der Waals surface area contributed by atoms with Gasteiger partial charge in [-0.3, -0.25) is 0 Å². The van der Waals surface area contributed by atoms with E-state index in [-0.39, 0.29) is 5.04 Å². The van der Waals surface area contributed by atoms with E-state index in [2.05, 4.69) is 61.6 Å². The van der Waals surface area contributed by atoms with E-state index >= 15 is 0 Å². The molecule has 1 radical (unpaired) electrons. The molecule has 2 heteroatoms. The van der Waals surface area contributed by atoms with E-state index in [1.54, 1.807) is 0 Å². The second-order valence-electron chi connectivity index (χ2n) is 6.69. The van der Waals surface area contributed by atoms with Crippen molar-refractivity contribution in [1.82, 2.24) is 0 Å². The van der Waals surface area contributed by atoms with Crippen molar-refractivity contribution in [3.05, 3.63) is 28.4 Å². The normalized spacial score (nSPS) is 19.4. The predicted octanol–water partition coefficient (Wildman–Crippen LogP) is 5.23. The van der Waals surface area contributed by atoms with Crippen LogP contribution in [0.25, 0.3) is 0 Å². The Labute approximate surface area is 108 Å². The Bertz CT molecular complexity index is 380. The summed E-state index contributed by atoms with van der Waals surface area (Å²) in [5.74, 6) is 2.47. The van der Waals surface area contributed by atoms with Crippen LogP contribution in [-0.2, 0) is 4.43 Å². The third-order valence-corrected chi connectivity index (χ3v) is 8.86. The van der Waals surface area contributed by atoms with E-state index in [9.17, 15) is 0 Å². The highest BCUT2D eigenvalue weighted by Crippen LogP contribution is 2.44. The Hall–Kier alpha value is -0.503. The molecule has 0 aromatic rings. The van der Waals surface area contributed by atoms with Gasteiger partial charge in [-0.15, -0.1) is 0 Å². The van der Waals surface area contributed by atoms with Gasteiger partial charge in [0.25, 0.3) is 0 Å². The van der Waals surface area contributed by atoms with Crippen molar-refractivity contribution in [3.8, 4) is 0 Å². The summed E-state index contributed by atoms with van der Waals surface area (Å²) in [6.07, 6.45) is 0. The van der Waals surface area contributed by atoms with Crippen molar-refractivity contribution < 1.29 is 4.43 Å². The van der Waals surface area contributed by atoms with Gasteiger partial charge >= 0.3 is 0 Å². The Balaban J connectivity index is 3.01. The van der Waals surface area contributed by atoms with Crippen LogP contribution >= 0.6 is 0 Å². The summed E-state index contributed by atoms with van der Waals surface area (Å²) in [5, 5.41) is 0.255. The molecule has 17 heavy (non-hydrogen) atoms. The van der Waals surface area contributed by atoms with Crippen LogP contribution in [0.5, 0.6) is 0 Å². The molecule has 0 fully saturated rings. The van der Waals surface area contributed by atoms with Crippen molar-refractivity contribution in [2.24, 2.45) is 0 Å². The number of rotatable bonds is 2. The lowest BCUT2D eigenvalue weighted by Crippen LogP contribution is -2.41. The highest BCUT2D eigenvalue weighted by Gasteiger charge is 2.41. The summed E-state index contributed by atoms with van der Waals surface area (Å²) in [5.41, 5.74) is 4.09. The first kappa shape index (κ1) is 14.6. The molecular formula is C15H27OSi. The topological polar surface area (TPSA) is 9.23 Å². The van der Waals surface area contributed by atoms with Crippen LogP contribution in [0.1, 0.15) is 48.5 Å². The fraction of sp³-hybridized carbons (Fsp3) is 0.667. The Kier molecular flexibility index (Phi) is 3.69. The molecule has 1 aliphatic rings. The molecule has 0 spiro atoms. The summed E-state index contributed by atoms with van der Waals surface area (Å²) in [6.45, 7) is 20.2. The predicted molar refractivity (Wildman–Crippen MR) is 78.3 cm³/mol. The maximum Gasteiger partial charge on any atom is 0.250 e. The van der Waals surface area contributed by atoms with E-state index in [0.717, 1.165) is 5.76 Å². The first-order valence-electron chi connectivity index (χ1n) is 6.41. The monoisotopic (exact) mass is 251 g/mol. The van der Waals surface area contributed by atoms with E-state index in [1.807, 2.05) is 0 Å². The molecule has 0 heterocycles. The molecule has 0 saturated carbocycles. The molecule has 0 bridgehead atoms. The molecule has 1 rings (SSSR count). The molecule has 1 nitrogen and oxygen atoms in total. The second kappa shape index (κ2) is 4.31. The SMILES string of the molecule is C[C]1C(C)=C(C)C(C)=C1O[Si](C)(C)C(C)(C)C. The molecule has 97 valence electrons. The lowest BCUT2D eigenvalue weighted by molar-refractivity contribution is 0.381. The zero-order chi connectivity index (χ0) is 13.6. The van der Waals surface area contributed by atoms with Gasteiger partial charge in [0.15, 0.2) is 0 Å². The van der Waals surface area contributed by atoms with E-state index in [1.165, 1.54) is 22.6 Å². The van der Waals surface area contributed by atoms with Gasteiger partial charge in [-0.25, -0.2) is 0 Å². The average Bonchev–Trinajstić information content (AvgIpc) is 2.34. The third-order valence-electron chi connectivity index (χ3n) is 4.53. The molecule has 0 saturated heterocycles. The fourth-order valence-corrected chi connectivity index (χ4v) is 2.87. The first-order chi connectivity index (χ1) is 7.49. The maximum atomic E-state index is 6.47. The summed E-state index contributed by atoms with van der Waals surface area (Å²) >= 11 is 0. The molecular weight excluding hydrogens is 224 g/mol. The van der Waals surface area contributed by atoms with Crippen LogP contribution in [0.4, 0.5) is 0 Å². The van der Waals surface area contributed by atoms with Crippen molar-refractivity contribution in [2.45, 2.75) is 66.6 Å². The van der Waals surface area contributed by atoms with Crippen LogP contribution in [0.15, 0.2) is 22.5 Å². The van der Waals surface area contributed by atoms with E-state index in [0.29, 0.717) is 0 Å². The van der Waals surface area contributed by atoms with Gasteiger partial charge in [0.2, 0.25) is 8.32 Å². The van der Waals surface area contributed by atoms with Gasteiger partial charge in [-0.05, 0) is 57.0 Å². The number of allylic oxidation sites excluding steroid dienone is 3. The number of hydrogen-bond acceptors (Lipinski definition) is 1. The summed E-state index contributed by atoms with van der Waals surface area (Å²) in [4.78, 5) is 0. The zero-order valence-corrected chi connectivity index (χ0v) is 13.9. The minimum Gasteiger partial charge on any atom is -0.546 e. The second-order valence-corrected chi connectivity index (χ2v) is 11.4. The fourth-order valence-electron chi connectivity index (χ4n) is 1.75. The Morgan fingerprint density at radius 2 is 1.29 bits per heavy atom. The summed E-state index contributed by atoms with van der Waals surface area (Å²) in [7, 11) is -1.72. The smallest absolute Gasteiger partial charge is 0.250 e. The van der Waals surface area contributed by atoms with Crippen molar-refractivity contribution >= 4 is 8.32 Å². The van der Waals surface area contributed by atoms with E-state index < -0.39 is 8.32 Å². The van der Waals surface area contributed by atoms with E-state index in [4.69, 9.17) is 4.43 Å². The van der Waals surface area contributed by atoms with Crippen LogP contribution < -0.4 is 0 Å². The lowest BCUT2D eigenvalue weighted by Gasteiger charge is -2.38. The Morgan fingerprint density at radius 3 is 1.59 bits per heavy atom. The van der Waals surface area contributed by atoms with Gasteiger partial charge in [0.05, 0.1) is 11.7 Å². The van der Waals surface area contributed by atoms with Gasteiger partial charge in [-0.2, -0.15) is 0 Å². The van der Waals surface area contributed by atoms with Crippen LogP contribution in [0, 0.1) is 5.92 Å². The molecule has 0 unspecified atom stereocenters. The molecule has 0 amide bonds. The summed E-state index contributed by atoms with van der Waals surface area (Å²) < 4.78 is 6.47. The van der Waals surface area contributed by atoms with Crippen molar-refractivity contribution in [2.75, 3.05) is 0 Å². The molecule has 1 aliphatic carbocycles. The van der Waals surface area contributed by atoms with Crippen LogP contribution in [0.2, 0.25) is 18.1 Å². The van der Waals surface area contributed by atoms with Crippen LogP contribution in [0.3, 0.4) is 0 Å². The molecule has 0 aromatic heterocycles. The minimum atomic E-state index is -1.72. The quantitative estimate of drug-likeness (QED) is 0.611. The zero-order valence-electron chi connectivity index (χ0n) is 12.9. The maximum absolute atomic E-state index is 6.47. The molecule has 0 aromatic carbocycles. The largest absolute Gasteiger partial charge is 0.546 e. The molecule has 0 N–H and O–H groups in total. The first-order valence-corrected chi connectivity index (χ1v) is 9.32. The van der Waals surface area contributed by atoms with Gasteiger partial charge < -0.3 is 4.43 Å². The minimum absolute atomic E-state index is 0.255. The van der Waals surface area contributed by atoms with Crippen molar-refractivity contribution in [1.29, 1.82) is 0 Å². The Morgan fingerprint density at radius 1 is 0.824 bits per heavy atom. The van der Waals surface area contributed by atoms with Crippen molar-refractivity contribution in [3.63, 3.8) is 0 Å². The lowest BCUT2D eigenvalue weighted by atomic mass is 10.0. The average molecular weight is 251 g/mol. The standard InChI is InChI=1S/C15H27OSi/c1-10-11(2)13(4)14(12(10)3)16-17(8,9)15(5,6)7/h1-9H3.